The molecule has 3 fully saturated rings. The van der Waals surface area contributed by atoms with Gasteiger partial charge in [0.1, 0.15) is 35.5 Å². The molecule has 3 aliphatic heterocycles. The second-order valence-electron chi connectivity index (χ2n) is 13.7. The van der Waals surface area contributed by atoms with Gasteiger partial charge in [-0.25, -0.2) is 9.18 Å². The highest BCUT2D eigenvalue weighted by Crippen LogP contribution is 2.45. The van der Waals surface area contributed by atoms with E-state index < -0.39 is 11.4 Å². The molecule has 3 aromatic carbocycles. The summed E-state index contributed by atoms with van der Waals surface area (Å²) in [6, 6.07) is 12.7. The van der Waals surface area contributed by atoms with Crippen LogP contribution in [0.4, 0.5) is 15.0 Å². The van der Waals surface area contributed by atoms with Gasteiger partial charge in [-0.15, -0.1) is 0 Å². The van der Waals surface area contributed by atoms with Crippen molar-refractivity contribution in [3.05, 3.63) is 53.3 Å². The number of phenols is 1. The third-order valence-electron chi connectivity index (χ3n) is 9.44. The number of anilines is 1. The molecule has 2 bridgehead atoms. The maximum absolute atomic E-state index is 17.0. The van der Waals surface area contributed by atoms with Crippen LogP contribution in [0.1, 0.15) is 52.9 Å². The van der Waals surface area contributed by atoms with Crippen molar-refractivity contribution in [3.8, 4) is 22.9 Å². The van der Waals surface area contributed by atoms with Crippen molar-refractivity contribution >= 4 is 45.2 Å². The van der Waals surface area contributed by atoms with E-state index in [1.807, 2.05) is 45.0 Å². The maximum Gasteiger partial charge on any atom is 0.411 e. The van der Waals surface area contributed by atoms with E-state index in [9.17, 15) is 9.90 Å². The molecule has 3 saturated heterocycles. The number of carbonyl (C=O) groups is 1. The summed E-state index contributed by atoms with van der Waals surface area (Å²) < 4.78 is 29.0. The average Bonchev–Trinajstić information content (AvgIpc) is 3.54. The number of aromatic hydroxyl groups is 1. The summed E-state index contributed by atoms with van der Waals surface area (Å²) in [5, 5.41) is 12.7. The fraction of sp³-hybridized carbons (Fsp3) is 0.457. The Balaban J connectivity index is 1.38. The van der Waals surface area contributed by atoms with Crippen molar-refractivity contribution in [1.29, 1.82) is 0 Å². The number of likely N-dealkylation sites (tertiary alicyclic amines) is 2. The number of halogens is 2. The quantitative estimate of drug-likeness (QED) is 0.240. The van der Waals surface area contributed by atoms with Crippen LogP contribution < -0.4 is 9.64 Å². The number of ether oxygens (including phenoxy) is 2. The number of hydrogen-bond acceptors (Lipinski definition) is 8. The second-order valence-corrected chi connectivity index (χ2v) is 14.1. The second kappa shape index (κ2) is 11.7. The first-order valence-corrected chi connectivity index (χ1v) is 16.4. The molecule has 1 N–H and O–H groups in total. The fourth-order valence-corrected chi connectivity index (χ4v) is 7.56. The molecule has 3 aliphatic rings. The number of amides is 1. The third-order valence-corrected chi connectivity index (χ3v) is 9.74. The Morgan fingerprint density at radius 1 is 1.07 bits per heavy atom. The lowest BCUT2D eigenvalue weighted by molar-refractivity contribution is 0.0135. The minimum absolute atomic E-state index is 0.00414. The molecule has 46 heavy (non-hydrogen) atoms. The minimum atomic E-state index is -0.642. The average molecular weight is 648 g/mol. The fourth-order valence-electron chi connectivity index (χ4n) is 7.27. The zero-order valence-electron chi connectivity index (χ0n) is 26.6. The van der Waals surface area contributed by atoms with Crippen LogP contribution in [0, 0.1) is 5.82 Å². The van der Waals surface area contributed by atoms with E-state index in [1.54, 1.807) is 17.0 Å². The summed E-state index contributed by atoms with van der Waals surface area (Å²) >= 11 is 6.93. The van der Waals surface area contributed by atoms with E-state index >= 15 is 4.39 Å². The first-order valence-electron chi connectivity index (χ1n) is 16.0. The van der Waals surface area contributed by atoms with E-state index in [0.29, 0.717) is 36.3 Å². The number of fused-ring (bicyclic) bond motifs is 4. The molecule has 1 aromatic heterocycles. The number of benzene rings is 3. The van der Waals surface area contributed by atoms with Crippen molar-refractivity contribution in [2.75, 3.05) is 31.6 Å². The molecule has 0 saturated carbocycles. The van der Waals surface area contributed by atoms with Gasteiger partial charge in [0.25, 0.3) is 0 Å². The van der Waals surface area contributed by atoms with Crippen molar-refractivity contribution in [2.45, 2.75) is 76.7 Å². The summed E-state index contributed by atoms with van der Waals surface area (Å²) in [7, 11) is 2.07. The highest BCUT2D eigenvalue weighted by molar-refractivity contribution is 6.35. The van der Waals surface area contributed by atoms with Gasteiger partial charge in [0.2, 0.25) is 0 Å². The number of rotatable bonds is 5. The van der Waals surface area contributed by atoms with Crippen molar-refractivity contribution in [3.63, 3.8) is 0 Å². The molecule has 1 amide bonds. The zero-order valence-corrected chi connectivity index (χ0v) is 27.4. The van der Waals surface area contributed by atoms with Crippen LogP contribution in [0.3, 0.4) is 0 Å². The summed E-state index contributed by atoms with van der Waals surface area (Å²) in [6.45, 7) is 7.48. The highest BCUT2D eigenvalue weighted by Gasteiger charge is 2.46. The van der Waals surface area contributed by atoms with Crippen LogP contribution in [-0.4, -0.2) is 81.6 Å². The Hall–Kier alpha value is -3.89. The van der Waals surface area contributed by atoms with Crippen LogP contribution in [-0.2, 0) is 4.74 Å². The van der Waals surface area contributed by atoms with Gasteiger partial charge in [-0.3, -0.25) is 4.90 Å². The Labute approximate surface area is 272 Å². The van der Waals surface area contributed by atoms with Gasteiger partial charge >= 0.3 is 12.1 Å². The largest absolute Gasteiger partial charge is 0.508 e. The number of likely N-dealkylation sites (N-methyl/N-ethyl adjacent to an activating group) is 1. The summed E-state index contributed by atoms with van der Waals surface area (Å²) in [6.07, 6.45) is 3.66. The first-order chi connectivity index (χ1) is 22.0. The van der Waals surface area contributed by atoms with Gasteiger partial charge in [0, 0.05) is 29.6 Å². The molecular formula is C35H39ClFN5O4. The molecule has 4 heterocycles. The highest BCUT2D eigenvalue weighted by atomic mass is 35.5. The number of nitrogens with zero attached hydrogens (tertiary/aromatic N) is 5. The molecule has 2 unspecified atom stereocenters. The van der Waals surface area contributed by atoms with E-state index in [2.05, 4.69) is 21.8 Å². The predicted octanol–water partition coefficient (Wildman–Crippen LogP) is 7.36. The smallest absolute Gasteiger partial charge is 0.411 e. The Morgan fingerprint density at radius 2 is 1.87 bits per heavy atom. The first kappa shape index (κ1) is 30.7. The third kappa shape index (κ3) is 5.55. The molecular weight excluding hydrogens is 609 g/mol. The van der Waals surface area contributed by atoms with Crippen LogP contribution >= 0.6 is 11.6 Å². The zero-order chi connectivity index (χ0) is 32.3. The lowest BCUT2D eigenvalue weighted by Gasteiger charge is -2.43. The normalized spacial score (nSPS) is 21.8. The van der Waals surface area contributed by atoms with E-state index in [1.165, 1.54) is 6.07 Å². The topological polar surface area (TPSA) is 91.3 Å². The van der Waals surface area contributed by atoms with Gasteiger partial charge in [-0.1, -0.05) is 35.9 Å². The molecule has 0 aliphatic carbocycles. The number of hydrogen-bond donors (Lipinski definition) is 1. The van der Waals surface area contributed by atoms with Gasteiger partial charge in [-0.05, 0) is 101 Å². The minimum Gasteiger partial charge on any atom is -0.508 e. The molecule has 4 aromatic rings. The van der Waals surface area contributed by atoms with Crippen LogP contribution in [0.15, 0.2) is 42.5 Å². The summed E-state index contributed by atoms with van der Waals surface area (Å²) in [4.78, 5) is 29.0. The lowest BCUT2D eigenvalue weighted by Crippen LogP contribution is -2.56. The van der Waals surface area contributed by atoms with E-state index in [-0.39, 0.29) is 52.2 Å². The van der Waals surface area contributed by atoms with Crippen molar-refractivity contribution < 1.29 is 23.8 Å². The number of aromatic nitrogens is 2. The van der Waals surface area contributed by atoms with Crippen LogP contribution in [0.2, 0.25) is 5.02 Å². The molecule has 9 nitrogen and oxygen atoms in total. The molecule has 0 radical (unpaired) electrons. The lowest BCUT2D eigenvalue weighted by atomic mass is 9.96. The number of carbonyl (C=O) groups excluding carboxylic acids is 1. The van der Waals surface area contributed by atoms with E-state index in [0.717, 1.165) is 43.0 Å². The van der Waals surface area contributed by atoms with Crippen molar-refractivity contribution in [2.24, 2.45) is 0 Å². The summed E-state index contributed by atoms with van der Waals surface area (Å²) in [5.41, 5.74) is 0.0328. The molecule has 242 valence electrons. The van der Waals surface area contributed by atoms with Gasteiger partial charge in [-0.2, -0.15) is 9.97 Å². The maximum atomic E-state index is 17.0. The predicted molar refractivity (Wildman–Crippen MR) is 177 cm³/mol. The Kier molecular flexibility index (Phi) is 7.84. The Morgan fingerprint density at radius 3 is 2.63 bits per heavy atom. The van der Waals surface area contributed by atoms with Crippen molar-refractivity contribution in [1.82, 2.24) is 19.8 Å². The molecule has 11 heteroatoms. The van der Waals surface area contributed by atoms with Gasteiger partial charge < -0.3 is 24.4 Å². The molecule has 3 atom stereocenters. The molecule has 0 spiro atoms. The monoisotopic (exact) mass is 647 g/mol. The molecule has 7 rings (SSSR count). The number of phenolic OH excluding ortho intramolecular Hbond substituents is 1. The van der Waals surface area contributed by atoms with Gasteiger partial charge in [0.05, 0.1) is 5.02 Å². The SMILES string of the molecule is CN1CCC[C@H]1COc1nc(N2C3CCC2N(C(=O)OC(C)(C)C)CC3)c2cc(Cl)c(-c3cc(O)cc4ccccc34)c(F)c2n1. The van der Waals surface area contributed by atoms with E-state index in [4.69, 9.17) is 26.1 Å². The van der Waals surface area contributed by atoms with Crippen LogP contribution in [0.5, 0.6) is 11.8 Å². The van der Waals surface area contributed by atoms with Gasteiger partial charge in [0.15, 0.2) is 5.82 Å². The Bertz CT molecular complexity index is 1830. The summed E-state index contributed by atoms with van der Waals surface area (Å²) in [5.74, 6) is -0.142. The van der Waals surface area contributed by atoms with Crippen LogP contribution in [0.25, 0.3) is 32.8 Å². The standard InChI is InChI=1S/C35H39ClFN5O4/c1-35(2,3)46-34(44)41-15-13-21-11-12-28(41)42(21)32-26-18-27(36)29(25-17-23(43)16-20-8-5-6-10-24(20)25)30(37)31(26)38-33(39-32)45-19-22-9-7-14-40(22)4/h5-6,8,10,16-18,21-22,28,43H,7,9,11-15,19H2,1-4H3/t21?,22-,28?/m0/s1.